The molecule has 1 aliphatic rings. The fourth-order valence-corrected chi connectivity index (χ4v) is 5.33. The van der Waals surface area contributed by atoms with E-state index in [4.69, 9.17) is 4.42 Å². The second kappa shape index (κ2) is 7.47. The molecule has 29 heavy (non-hydrogen) atoms. The molecule has 2 aromatic heterocycles. The maximum atomic E-state index is 14.2. The zero-order chi connectivity index (χ0) is 20.6. The first-order valence-corrected chi connectivity index (χ1v) is 11.0. The summed E-state index contributed by atoms with van der Waals surface area (Å²) in [5.74, 6) is -0.287. The number of para-hydroxylation sites is 1. The van der Waals surface area contributed by atoms with Gasteiger partial charge in [0.05, 0.1) is 41.8 Å². The highest BCUT2D eigenvalue weighted by atomic mass is 32.2. The van der Waals surface area contributed by atoms with Crippen molar-refractivity contribution in [1.29, 1.82) is 0 Å². The molecule has 0 saturated carbocycles. The molecule has 0 aliphatic carbocycles. The van der Waals surface area contributed by atoms with Gasteiger partial charge in [-0.05, 0) is 37.6 Å². The molecule has 1 fully saturated rings. The lowest BCUT2D eigenvalue weighted by Gasteiger charge is -2.27. The topological polar surface area (TPSA) is 85.4 Å². The first kappa shape index (κ1) is 19.4. The van der Waals surface area contributed by atoms with E-state index >= 15 is 0 Å². The molecule has 1 aliphatic heterocycles. The van der Waals surface area contributed by atoms with E-state index in [1.165, 1.54) is 28.1 Å². The maximum Gasteiger partial charge on any atom is 0.258 e. The predicted octanol–water partition coefficient (Wildman–Crippen LogP) is 2.74. The normalized spacial score (nSPS) is 18.1. The van der Waals surface area contributed by atoms with Gasteiger partial charge in [-0.3, -0.25) is 4.79 Å². The average molecular weight is 417 g/mol. The molecule has 0 radical (unpaired) electrons. The number of halogens is 1. The van der Waals surface area contributed by atoms with Gasteiger partial charge in [-0.1, -0.05) is 12.1 Å². The molecular weight excluding hydrogens is 397 g/mol. The molecule has 0 bridgehead atoms. The van der Waals surface area contributed by atoms with Crippen molar-refractivity contribution in [2.75, 3.05) is 11.5 Å². The first-order chi connectivity index (χ1) is 13.9. The van der Waals surface area contributed by atoms with E-state index in [-0.39, 0.29) is 29.6 Å². The van der Waals surface area contributed by atoms with Crippen molar-refractivity contribution >= 4 is 15.7 Å². The van der Waals surface area contributed by atoms with Gasteiger partial charge in [-0.15, -0.1) is 0 Å². The summed E-state index contributed by atoms with van der Waals surface area (Å²) in [4.78, 5) is 14.9. The lowest BCUT2D eigenvalue weighted by atomic mass is 10.1. The minimum Gasteiger partial charge on any atom is -0.467 e. The van der Waals surface area contributed by atoms with E-state index in [1.54, 1.807) is 37.3 Å². The van der Waals surface area contributed by atoms with Crippen LogP contribution in [0.3, 0.4) is 0 Å². The number of hydrogen-bond donors (Lipinski definition) is 0. The molecule has 152 valence electrons. The number of carbonyl (C=O) groups is 1. The maximum absolute atomic E-state index is 14.2. The van der Waals surface area contributed by atoms with Crippen LogP contribution in [0.2, 0.25) is 0 Å². The fourth-order valence-electron chi connectivity index (χ4n) is 3.60. The Kier molecular flexibility index (Phi) is 4.99. The number of sulfone groups is 1. The van der Waals surface area contributed by atoms with E-state index in [0.29, 0.717) is 23.4 Å². The molecule has 3 heterocycles. The van der Waals surface area contributed by atoms with Crippen LogP contribution in [0.5, 0.6) is 0 Å². The number of furan rings is 1. The largest absolute Gasteiger partial charge is 0.467 e. The zero-order valence-electron chi connectivity index (χ0n) is 15.8. The third-order valence-electron chi connectivity index (χ3n) is 5.14. The molecule has 1 amide bonds. The first-order valence-electron chi connectivity index (χ1n) is 9.19. The predicted molar refractivity (Wildman–Crippen MR) is 104 cm³/mol. The summed E-state index contributed by atoms with van der Waals surface area (Å²) in [5.41, 5.74) is 1.01. The van der Waals surface area contributed by atoms with E-state index < -0.39 is 21.7 Å². The van der Waals surface area contributed by atoms with E-state index in [0.717, 1.165) is 0 Å². The van der Waals surface area contributed by atoms with Crippen molar-refractivity contribution in [3.63, 3.8) is 0 Å². The summed E-state index contributed by atoms with van der Waals surface area (Å²) in [7, 11) is -3.18. The van der Waals surface area contributed by atoms with Crippen LogP contribution in [-0.2, 0) is 16.4 Å². The van der Waals surface area contributed by atoms with Gasteiger partial charge in [0, 0.05) is 6.04 Å². The Hall–Kier alpha value is -2.94. The highest BCUT2D eigenvalue weighted by Crippen LogP contribution is 2.25. The van der Waals surface area contributed by atoms with Crippen LogP contribution < -0.4 is 0 Å². The van der Waals surface area contributed by atoms with Crippen LogP contribution in [0.25, 0.3) is 5.69 Å². The number of rotatable bonds is 5. The molecule has 0 spiro atoms. The van der Waals surface area contributed by atoms with Crippen LogP contribution in [0, 0.1) is 12.7 Å². The third-order valence-corrected chi connectivity index (χ3v) is 6.89. The van der Waals surface area contributed by atoms with Crippen molar-refractivity contribution in [2.24, 2.45) is 0 Å². The minimum atomic E-state index is -3.18. The second-order valence-electron chi connectivity index (χ2n) is 7.08. The average Bonchev–Trinajstić information content (AvgIpc) is 3.40. The smallest absolute Gasteiger partial charge is 0.258 e. The number of hydrogen-bond acceptors (Lipinski definition) is 5. The van der Waals surface area contributed by atoms with Gasteiger partial charge in [0.15, 0.2) is 9.84 Å². The summed E-state index contributed by atoms with van der Waals surface area (Å²) in [6, 6.07) is 9.17. The van der Waals surface area contributed by atoms with Crippen LogP contribution >= 0.6 is 0 Å². The minimum absolute atomic E-state index is 0.0487. The molecule has 1 atom stereocenters. The van der Waals surface area contributed by atoms with Crippen molar-refractivity contribution in [3.8, 4) is 5.69 Å². The summed E-state index contributed by atoms with van der Waals surface area (Å²) >= 11 is 0. The van der Waals surface area contributed by atoms with Crippen molar-refractivity contribution < 1.29 is 22.0 Å². The van der Waals surface area contributed by atoms with Crippen molar-refractivity contribution in [2.45, 2.75) is 25.9 Å². The standard InChI is InChI=1S/C20H20FN3O4S/c1-14-17(11-22-24(14)19-7-3-2-6-18(19)21)20(25)23(12-16-5-4-9-28-16)15-8-10-29(26,27)13-15/h2-7,9,11,15H,8,10,12-13H2,1H3. The Morgan fingerprint density at radius 3 is 2.76 bits per heavy atom. The Morgan fingerprint density at radius 2 is 2.10 bits per heavy atom. The molecule has 1 unspecified atom stereocenters. The molecule has 3 aromatic rings. The second-order valence-corrected chi connectivity index (χ2v) is 9.30. The molecule has 4 rings (SSSR count). The number of amides is 1. The SMILES string of the molecule is Cc1c(C(=O)N(Cc2ccco2)C2CCS(=O)(=O)C2)cnn1-c1ccccc1F. The molecular formula is C20H20FN3O4S. The van der Waals surface area contributed by atoms with Crippen LogP contribution in [-0.4, -0.2) is 46.6 Å². The Bertz CT molecular complexity index is 1140. The Morgan fingerprint density at radius 1 is 1.31 bits per heavy atom. The molecule has 0 N–H and O–H groups in total. The van der Waals surface area contributed by atoms with Gasteiger partial charge < -0.3 is 9.32 Å². The van der Waals surface area contributed by atoms with E-state index in [1.807, 2.05) is 0 Å². The van der Waals surface area contributed by atoms with E-state index in [2.05, 4.69) is 5.10 Å². The van der Waals surface area contributed by atoms with Crippen LogP contribution in [0.15, 0.2) is 53.3 Å². The van der Waals surface area contributed by atoms with Gasteiger partial charge in [-0.2, -0.15) is 5.10 Å². The van der Waals surface area contributed by atoms with E-state index in [9.17, 15) is 17.6 Å². The van der Waals surface area contributed by atoms with Gasteiger partial charge in [0.1, 0.15) is 17.3 Å². The summed E-state index contributed by atoms with van der Waals surface area (Å²) < 4.78 is 44.9. The van der Waals surface area contributed by atoms with Crippen LogP contribution in [0.1, 0.15) is 28.2 Å². The monoisotopic (exact) mass is 417 g/mol. The van der Waals surface area contributed by atoms with Gasteiger partial charge >= 0.3 is 0 Å². The summed E-state index contributed by atoms with van der Waals surface area (Å²) in [6.45, 7) is 1.83. The summed E-state index contributed by atoms with van der Waals surface area (Å²) in [5, 5.41) is 4.19. The lowest BCUT2D eigenvalue weighted by Crippen LogP contribution is -2.40. The quantitative estimate of drug-likeness (QED) is 0.637. The molecule has 1 aromatic carbocycles. The molecule has 1 saturated heterocycles. The van der Waals surface area contributed by atoms with Gasteiger partial charge in [0.2, 0.25) is 0 Å². The van der Waals surface area contributed by atoms with Gasteiger partial charge in [-0.25, -0.2) is 17.5 Å². The zero-order valence-corrected chi connectivity index (χ0v) is 16.6. The lowest BCUT2D eigenvalue weighted by molar-refractivity contribution is 0.0665. The molecule has 7 nitrogen and oxygen atoms in total. The van der Waals surface area contributed by atoms with Crippen LogP contribution in [0.4, 0.5) is 4.39 Å². The molecule has 9 heteroatoms. The number of nitrogens with zero attached hydrogens (tertiary/aromatic N) is 3. The summed E-state index contributed by atoms with van der Waals surface area (Å²) in [6.07, 6.45) is 3.27. The number of carbonyl (C=O) groups excluding carboxylic acids is 1. The number of benzene rings is 1. The highest BCUT2D eigenvalue weighted by molar-refractivity contribution is 7.91. The van der Waals surface area contributed by atoms with Gasteiger partial charge in [0.25, 0.3) is 5.91 Å². The Labute approximate surface area is 167 Å². The third kappa shape index (κ3) is 3.82. The van der Waals surface area contributed by atoms with Crippen molar-refractivity contribution in [1.82, 2.24) is 14.7 Å². The van der Waals surface area contributed by atoms with Crippen molar-refractivity contribution in [3.05, 3.63) is 71.7 Å². The Balaban J connectivity index is 1.68. The highest BCUT2D eigenvalue weighted by Gasteiger charge is 2.36. The number of aromatic nitrogens is 2. The fraction of sp³-hybridized carbons (Fsp3) is 0.300.